The monoisotopic (exact) mass is 437 g/mol. The summed E-state index contributed by atoms with van der Waals surface area (Å²) in [5.41, 5.74) is 1.86. The molecule has 0 saturated carbocycles. The summed E-state index contributed by atoms with van der Waals surface area (Å²) in [6.07, 6.45) is 7.15. The molecule has 0 amide bonds. The molecule has 1 N–H and O–H groups in total. The summed E-state index contributed by atoms with van der Waals surface area (Å²) in [7, 11) is 1.58. The molecule has 9 nitrogen and oxygen atoms in total. The molecule has 3 aromatic rings. The minimum absolute atomic E-state index is 0.112. The van der Waals surface area contributed by atoms with Gasteiger partial charge in [-0.25, -0.2) is 19.7 Å². The molecule has 0 spiro atoms. The fourth-order valence-corrected chi connectivity index (χ4v) is 3.38. The molecule has 0 unspecified atom stereocenters. The number of nitrogens with one attached hydrogen (secondary N) is 1. The molecule has 0 bridgehead atoms. The van der Waals surface area contributed by atoms with E-state index in [0.29, 0.717) is 40.6 Å². The van der Waals surface area contributed by atoms with E-state index in [1.54, 1.807) is 37.7 Å². The van der Waals surface area contributed by atoms with Gasteiger partial charge in [0.15, 0.2) is 17.0 Å². The average molecular weight is 438 g/mol. The van der Waals surface area contributed by atoms with Crippen LogP contribution in [0, 0.1) is 5.92 Å². The van der Waals surface area contributed by atoms with Gasteiger partial charge in [-0.2, -0.15) is 0 Å². The standard InChI is InChI=1S/C23H27N5O4/c1-15(2)11-24-21-20-22(26-13-25-21)28(14-27-20)19-6-4-5-18(32-19)12-31-23(29)16-7-9-17(30-3)10-8-16/h4-5,7-10,13-15,18-19H,6,11-12H2,1-3H3,(H,24,25,26)/t18-,19+/m0/s1. The minimum Gasteiger partial charge on any atom is -0.497 e. The predicted octanol–water partition coefficient (Wildman–Crippen LogP) is 3.60. The lowest BCUT2D eigenvalue weighted by molar-refractivity contribution is -0.0620. The molecule has 4 rings (SSSR count). The lowest BCUT2D eigenvalue weighted by atomic mass is 10.2. The molecule has 1 aromatic carbocycles. The number of methoxy groups -OCH3 is 1. The molecule has 2 aromatic heterocycles. The summed E-state index contributed by atoms with van der Waals surface area (Å²) >= 11 is 0. The second kappa shape index (κ2) is 9.78. The Hall–Kier alpha value is -3.46. The van der Waals surface area contributed by atoms with Crippen LogP contribution in [0.25, 0.3) is 11.2 Å². The van der Waals surface area contributed by atoms with E-state index in [9.17, 15) is 4.79 Å². The maximum absolute atomic E-state index is 12.3. The quantitative estimate of drug-likeness (QED) is 0.421. The van der Waals surface area contributed by atoms with Gasteiger partial charge in [0.05, 0.1) is 19.0 Å². The SMILES string of the molecule is COc1ccc(C(=O)OC[C@@H]2C=CC[C@H](n3cnc4c(NCC(C)C)ncnc43)O2)cc1. The number of hydrogen-bond donors (Lipinski definition) is 1. The predicted molar refractivity (Wildman–Crippen MR) is 120 cm³/mol. The number of aromatic nitrogens is 4. The van der Waals surface area contributed by atoms with Gasteiger partial charge in [0.25, 0.3) is 0 Å². The number of carbonyl (C=O) groups excluding carboxylic acids is 1. The van der Waals surface area contributed by atoms with Crippen molar-refractivity contribution >= 4 is 23.0 Å². The first kappa shape index (κ1) is 21.8. The molecule has 2 atom stereocenters. The molecule has 0 fully saturated rings. The van der Waals surface area contributed by atoms with Gasteiger partial charge in [-0.3, -0.25) is 4.57 Å². The molecule has 1 aliphatic heterocycles. The summed E-state index contributed by atoms with van der Waals surface area (Å²) in [5.74, 6) is 1.46. The van der Waals surface area contributed by atoms with Gasteiger partial charge in [-0.05, 0) is 30.2 Å². The van der Waals surface area contributed by atoms with Gasteiger partial charge in [0.2, 0.25) is 0 Å². The molecule has 1 aliphatic rings. The van der Waals surface area contributed by atoms with Gasteiger partial charge in [0.1, 0.15) is 31.0 Å². The lowest BCUT2D eigenvalue weighted by Crippen LogP contribution is -2.27. The third kappa shape index (κ3) is 4.88. The molecule has 9 heteroatoms. The zero-order chi connectivity index (χ0) is 22.5. The highest BCUT2D eigenvalue weighted by Gasteiger charge is 2.24. The largest absolute Gasteiger partial charge is 0.497 e. The van der Waals surface area contributed by atoms with Gasteiger partial charge >= 0.3 is 5.97 Å². The Balaban J connectivity index is 1.41. The van der Waals surface area contributed by atoms with Crippen molar-refractivity contribution in [3.63, 3.8) is 0 Å². The fraction of sp³-hybridized carbons (Fsp3) is 0.391. The first-order chi connectivity index (χ1) is 15.5. The molecular weight excluding hydrogens is 410 g/mol. The molecule has 0 radical (unpaired) electrons. The first-order valence-corrected chi connectivity index (χ1v) is 10.6. The number of imidazole rings is 1. The number of rotatable bonds is 8. The van der Waals surface area contributed by atoms with E-state index < -0.39 is 5.97 Å². The molecule has 0 saturated heterocycles. The highest BCUT2D eigenvalue weighted by molar-refractivity contribution is 5.89. The van der Waals surface area contributed by atoms with Crippen molar-refractivity contribution in [1.82, 2.24) is 19.5 Å². The molecule has 168 valence electrons. The normalized spacial score (nSPS) is 18.1. The van der Waals surface area contributed by atoms with Gasteiger partial charge in [-0.15, -0.1) is 0 Å². The van der Waals surface area contributed by atoms with Crippen LogP contribution >= 0.6 is 0 Å². The second-order valence-electron chi connectivity index (χ2n) is 7.94. The van der Waals surface area contributed by atoms with Gasteiger partial charge in [-0.1, -0.05) is 26.0 Å². The summed E-state index contributed by atoms with van der Waals surface area (Å²) in [6, 6.07) is 6.79. The second-order valence-corrected chi connectivity index (χ2v) is 7.94. The maximum Gasteiger partial charge on any atom is 0.338 e. The van der Waals surface area contributed by atoms with E-state index in [4.69, 9.17) is 14.2 Å². The van der Waals surface area contributed by atoms with Crippen LogP contribution in [0.3, 0.4) is 0 Å². The fourth-order valence-electron chi connectivity index (χ4n) is 3.38. The maximum atomic E-state index is 12.3. The number of hydrogen-bond acceptors (Lipinski definition) is 8. The number of nitrogens with zero attached hydrogens (tertiary/aromatic N) is 4. The molecule has 32 heavy (non-hydrogen) atoms. The highest BCUT2D eigenvalue weighted by Crippen LogP contribution is 2.27. The molecular formula is C23H27N5O4. The number of fused-ring (bicyclic) bond motifs is 1. The number of anilines is 1. The third-order valence-corrected chi connectivity index (χ3v) is 5.07. The zero-order valence-corrected chi connectivity index (χ0v) is 18.4. The van der Waals surface area contributed by atoms with Crippen molar-refractivity contribution in [2.75, 3.05) is 25.6 Å². The summed E-state index contributed by atoms with van der Waals surface area (Å²) in [4.78, 5) is 25.6. The smallest absolute Gasteiger partial charge is 0.338 e. The van der Waals surface area contributed by atoms with Crippen molar-refractivity contribution in [3.8, 4) is 5.75 Å². The summed E-state index contributed by atoms with van der Waals surface area (Å²) in [5, 5.41) is 3.32. The summed E-state index contributed by atoms with van der Waals surface area (Å²) in [6.45, 7) is 5.17. The van der Waals surface area contributed by atoms with Gasteiger partial charge in [0, 0.05) is 13.0 Å². The number of benzene rings is 1. The minimum atomic E-state index is -0.409. The Labute approximate surface area is 186 Å². The van der Waals surface area contributed by atoms with E-state index in [-0.39, 0.29) is 18.9 Å². The first-order valence-electron chi connectivity index (χ1n) is 10.6. The van der Waals surface area contributed by atoms with Crippen LogP contribution in [0.2, 0.25) is 0 Å². The van der Waals surface area contributed by atoms with E-state index in [0.717, 1.165) is 6.54 Å². The van der Waals surface area contributed by atoms with Crippen molar-refractivity contribution in [2.45, 2.75) is 32.6 Å². The summed E-state index contributed by atoms with van der Waals surface area (Å²) < 4.78 is 18.6. The Kier molecular flexibility index (Phi) is 6.65. The van der Waals surface area contributed by atoms with Crippen LogP contribution in [-0.4, -0.2) is 51.9 Å². The number of carbonyl (C=O) groups is 1. The van der Waals surface area contributed by atoms with Crippen molar-refractivity contribution in [1.29, 1.82) is 0 Å². The van der Waals surface area contributed by atoms with Crippen molar-refractivity contribution in [3.05, 3.63) is 54.6 Å². The Morgan fingerprint density at radius 2 is 2.06 bits per heavy atom. The van der Waals surface area contributed by atoms with Crippen LogP contribution in [0.15, 0.2) is 49.1 Å². The molecule has 0 aliphatic carbocycles. The Morgan fingerprint density at radius 3 is 2.81 bits per heavy atom. The van der Waals surface area contributed by atoms with E-state index >= 15 is 0 Å². The van der Waals surface area contributed by atoms with E-state index in [1.165, 1.54) is 6.33 Å². The highest BCUT2D eigenvalue weighted by atomic mass is 16.6. The van der Waals surface area contributed by atoms with Crippen molar-refractivity contribution < 1.29 is 19.0 Å². The third-order valence-electron chi connectivity index (χ3n) is 5.07. The van der Waals surface area contributed by atoms with Crippen LogP contribution in [0.5, 0.6) is 5.75 Å². The van der Waals surface area contributed by atoms with Crippen LogP contribution in [0.1, 0.15) is 36.9 Å². The van der Waals surface area contributed by atoms with Crippen molar-refractivity contribution in [2.24, 2.45) is 5.92 Å². The topological polar surface area (TPSA) is 100 Å². The Morgan fingerprint density at radius 1 is 1.25 bits per heavy atom. The van der Waals surface area contributed by atoms with Crippen LogP contribution in [0.4, 0.5) is 5.82 Å². The van der Waals surface area contributed by atoms with Gasteiger partial charge < -0.3 is 19.5 Å². The number of esters is 1. The van der Waals surface area contributed by atoms with Crippen LogP contribution < -0.4 is 10.1 Å². The van der Waals surface area contributed by atoms with Crippen LogP contribution in [-0.2, 0) is 9.47 Å². The Bertz CT molecular complexity index is 1090. The van der Waals surface area contributed by atoms with E-state index in [2.05, 4.69) is 34.1 Å². The van der Waals surface area contributed by atoms with E-state index in [1.807, 2.05) is 16.7 Å². The zero-order valence-electron chi connectivity index (χ0n) is 18.4. The number of ether oxygens (including phenoxy) is 3. The lowest BCUT2D eigenvalue weighted by Gasteiger charge is -2.26. The molecule has 3 heterocycles. The average Bonchev–Trinajstić information content (AvgIpc) is 3.26.